The summed E-state index contributed by atoms with van der Waals surface area (Å²) in [6.07, 6.45) is 2.73. The molecule has 0 saturated heterocycles. The monoisotopic (exact) mass is 317 g/mol. The lowest BCUT2D eigenvalue weighted by molar-refractivity contribution is -0.140. The molecule has 0 spiro atoms. The largest absolute Gasteiger partial charge is 0.481 e. The number of nitrogens with one attached hydrogen (secondary N) is 1. The van der Waals surface area contributed by atoms with Crippen molar-refractivity contribution in [2.75, 3.05) is 6.54 Å². The fourth-order valence-corrected chi connectivity index (χ4v) is 2.44. The van der Waals surface area contributed by atoms with Crippen molar-refractivity contribution in [3.05, 3.63) is 48.0 Å². The van der Waals surface area contributed by atoms with E-state index in [0.29, 0.717) is 19.4 Å². The normalized spacial score (nSPS) is 19.3. The van der Waals surface area contributed by atoms with Gasteiger partial charge in [-0.1, -0.05) is 0 Å². The molecule has 1 aliphatic carbocycles. The van der Waals surface area contributed by atoms with Gasteiger partial charge in [-0.3, -0.25) is 9.59 Å². The second kappa shape index (κ2) is 6.20. The zero-order valence-corrected chi connectivity index (χ0v) is 12.3. The molecule has 0 radical (unpaired) electrons. The van der Waals surface area contributed by atoms with Crippen molar-refractivity contribution in [3.63, 3.8) is 0 Å². The van der Waals surface area contributed by atoms with Crippen LogP contribution in [0.15, 0.2) is 36.5 Å². The summed E-state index contributed by atoms with van der Waals surface area (Å²) >= 11 is 0. The number of hydrogen-bond donors (Lipinski definition) is 2. The number of amides is 1. The van der Waals surface area contributed by atoms with Crippen molar-refractivity contribution < 1.29 is 19.1 Å². The number of halogens is 1. The van der Waals surface area contributed by atoms with Crippen LogP contribution in [0.2, 0.25) is 0 Å². The summed E-state index contributed by atoms with van der Waals surface area (Å²) in [5, 5.41) is 15.9. The van der Waals surface area contributed by atoms with Gasteiger partial charge in [0.15, 0.2) is 0 Å². The molecule has 1 aliphatic rings. The van der Waals surface area contributed by atoms with Crippen LogP contribution in [0.1, 0.15) is 12.1 Å². The first-order valence-electron chi connectivity index (χ1n) is 7.35. The maximum Gasteiger partial charge on any atom is 0.307 e. The van der Waals surface area contributed by atoms with Crippen LogP contribution < -0.4 is 5.32 Å². The van der Waals surface area contributed by atoms with Gasteiger partial charge in [-0.15, -0.1) is 0 Å². The predicted molar refractivity (Wildman–Crippen MR) is 79.5 cm³/mol. The fraction of sp³-hybridized carbons (Fsp3) is 0.312. The Morgan fingerprint density at radius 1 is 1.26 bits per heavy atom. The van der Waals surface area contributed by atoms with Crippen LogP contribution in [0.25, 0.3) is 5.69 Å². The highest BCUT2D eigenvalue weighted by Gasteiger charge is 2.48. The van der Waals surface area contributed by atoms with Crippen LogP contribution >= 0.6 is 0 Å². The van der Waals surface area contributed by atoms with E-state index >= 15 is 0 Å². The van der Waals surface area contributed by atoms with Crippen LogP contribution in [0.3, 0.4) is 0 Å². The lowest BCUT2D eigenvalue weighted by Crippen LogP contribution is -2.28. The first kappa shape index (κ1) is 15.2. The third-order valence-electron chi connectivity index (χ3n) is 3.86. The summed E-state index contributed by atoms with van der Waals surface area (Å²) in [6, 6.07) is 7.82. The zero-order valence-electron chi connectivity index (χ0n) is 12.3. The summed E-state index contributed by atoms with van der Waals surface area (Å²) in [5.41, 5.74) is 1.55. The molecule has 23 heavy (non-hydrogen) atoms. The summed E-state index contributed by atoms with van der Waals surface area (Å²) in [4.78, 5) is 22.4. The number of aliphatic carboxylic acids is 1. The van der Waals surface area contributed by atoms with Gasteiger partial charge in [-0.05, 0) is 36.8 Å². The number of hydrogen-bond acceptors (Lipinski definition) is 3. The van der Waals surface area contributed by atoms with Crippen molar-refractivity contribution in [3.8, 4) is 5.69 Å². The highest BCUT2D eigenvalue weighted by Crippen LogP contribution is 2.38. The molecular formula is C16H16FN3O3. The Labute approximate surface area is 131 Å². The number of carbonyl (C=O) groups excluding carboxylic acids is 1. The molecule has 2 N–H and O–H groups in total. The third kappa shape index (κ3) is 3.56. The summed E-state index contributed by atoms with van der Waals surface area (Å²) in [5.74, 6) is -2.36. The lowest BCUT2D eigenvalue weighted by atomic mass is 10.3. The molecule has 7 heteroatoms. The summed E-state index contributed by atoms with van der Waals surface area (Å²) in [6.45, 7) is 0.405. The number of carboxylic acids is 1. The molecule has 1 amide bonds. The van der Waals surface area contributed by atoms with E-state index < -0.39 is 17.8 Å². The van der Waals surface area contributed by atoms with Crippen molar-refractivity contribution >= 4 is 11.9 Å². The predicted octanol–water partition coefficient (Wildman–Crippen LogP) is 1.39. The molecule has 1 aromatic carbocycles. The van der Waals surface area contributed by atoms with Gasteiger partial charge in [0.2, 0.25) is 5.91 Å². The van der Waals surface area contributed by atoms with E-state index in [1.54, 1.807) is 23.0 Å². The molecule has 3 rings (SSSR count). The topological polar surface area (TPSA) is 84.2 Å². The smallest absolute Gasteiger partial charge is 0.307 e. The highest BCUT2D eigenvalue weighted by atomic mass is 19.1. The number of benzene rings is 1. The van der Waals surface area contributed by atoms with Gasteiger partial charge in [0.1, 0.15) is 5.82 Å². The van der Waals surface area contributed by atoms with E-state index in [4.69, 9.17) is 5.11 Å². The van der Waals surface area contributed by atoms with E-state index in [-0.39, 0.29) is 11.7 Å². The van der Waals surface area contributed by atoms with Crippen LogP contribution in [-0.4, -0.2) is 33.3 Å². The van der Waals surface area contributed by atoms with Gasteiger partial charge in [0, 0.05) is 19.2 Å². The lowest BCUT2D eigenvalue weighted by Gasteiger charge is -2.03. The number of rotatable bonds is 6. The maximum absolute atomic E-state index is 12.9. The van der Waals surface area contributed by atoms with E-state index in [1.165, 1.54) is 12.1 Å². The molecule has 1 saturated carbocycles. The number of nitrogens with zero attached hydrogens (tertiary/aromatic N) is 2. The minimum absolute atomic E-state index is 0.213. The van der Waals surface area contributed by atoms with Gasteiger partial charge >= 0.3 is 5.97 Å². The Bertz CT molecular complexity index is 726. The Balaban J connectivity index is 1.49. The molecular weight excluding hydrogens is 301 g/mol. The van der Waals surface area contributed by atoms with Crippen LogP contribution in [0, 0.1) is 17.7 Å². The molecule has 0 aliphatic heterocycles. The van der Waals surface area contributed by atoms with E-state index in [9.17, 15) is 14.0 Å². The standard InChI is InChI=1S/C16H16FN3O3/c17-10-1-3-12(4-2-10)20-8-6-11(19-20)5-7-18-15(21)13-9-14(13)16(22)23/h1-4,6,8,13-14H,5,7,9H2,(H,18,21)(H,22,23)/t13-,14+/m1/s1. The van der Waals surface area contributed by atoms with Crippen LogP contribution in [0.5, 0.6) is 0 Å². The first-order valence-corrected chi connectivity index (χ1v) is 7.35. The molecule has 1 heterocycles. The number of carbonyl (C=O) groups is 2. The molecule has 120 valence electrons. The molecule has 2 atom stereocenters. The fourth-order valence-electron chi connectivity index (χ4n) is 2.44. The van der Waals surface area contributed by atoms with E-state index in [1.807, 2.05) is 6.07 Å². The highest BCUT2D eigenvalue weighted by molar-refractivity contribution is 5.89. The van der Waals surface area contributed by atoms with Crippen molar-refractivity contribution in [1.82, 2.24) is 15.1 Å². The minimum atomic E-state index is -0.914. The maximum atomic E-state index is 12.9. The molecule has 0 bridgehead atoms. The molecule has 2 aromatic rings. The van der Waals surface area contributed by atoms with Crippen molar-refractivity contribution in [1.29, 1.82) is 0 Å². The van der Waals surface area contributed by atoms with Gasteiger partial charge in [-0.2, -0.15) is 5.10 Å². The second-order valence-electron chi connectivity index (χ2n) is 5.56. The molecule has 1 aromatic heterocycles. The quantitative estimate of drug-likeness (QED) is 0.843. The van der Waals surface area contributed by atoms with Crippen LogP contribution in [0.4, 0.5) is 4.39 Å². The van der Waals surface area contributed by atoms with E-state index in [2.05, 4.69) is 10.4 Å². The Morgan fingerprint density at radius 2 is 2.00 bits per heavy atom. The number of aromatic nitrogens is 2. The van der Waals surface area contributed by atoms with Crippen LogP contribution in [-0.2, 0) is 16.0 Å². The van der Waals surface area contributed by atoms with Gasteiger partial charge in [0.25, 0.3) is 0 Å². The Hall–Kier alpha value is -2.70. The summed E-state index contributed by atoms with van der Waals surface area (Å²) in [7, 11) is 0. The van der Waals surface area contributed by atoms with E-state index in [0.717, 1.165) is 11.4 Å². The Kier molecular flexibility index (Phi) is 4.10. The van der Waals surface area contributed by atoms with Crippen molar-refractivity contribution in [2.45, 2.75) is 12.8 Å². The SMILES string of the molecule is O=C(O)[C@H]1C[C@H]1C(=O)NCCc1ccn(-c2ccc(F)cc2)n1. The number of carboxylic acid groups (broad SMARTS) is 1. The van der Waals surface area contributed by atoms with Crippen molar-refractivity contribution in [2.24, 2.45) is 11.8 Å². The minimum Gasteiger partial charge on any atom is -0.481 e. The second-order valence-corrected chi connectivity index (χ2v) is 5.56. The molecule has 0 unspecified atom stereocenters. The van der Waals surface area contributed by atoms with Gasteiger partial charge in [0.05, 0.1) is 23.2 Å². The zero-order chi connectivity index (χ0) is 16.4. The Morgan fingerprint density at radius 3 is 2.65 bits per heavy atom. The van der Waals surface area contributed by atoms with Gasteiger partial charge in [-0.25, -0.2) is 9.07 Å². The third-order valence-corrected chi connectivity index (χ3v) is 3.86. The first-order chi connectivity index (χ1) is 11.0. The molecule has 6 nitrogen and oxygen atoms in total. The molecule has 1 fully saturated rings. The average molecular weight is 317 g/mol. The summed E-state index contributed by atoms with van der Waals surface area (Å²) < 4.78 is 14.5. The van der Waals surface area contributed by atoms with Gasteiger partial charge < -0.3 is 10.4 Å². The average Bonchev–Trinajstić information content (AvgIpc) is 3.21.